The molecule has 0 aliphatic heterocycles. The highest BCUT2D eigenvalue weighted by Crippen LogP contribution is 2.34. The molecule has 2 N–H and O–H groups in total. The summed E-state index contributed by atoms with van der Waals surface area (Å²) in [6.07, 6.45) is 0. The molecule has 1 nitrogen and oxygen atoms in total. The van der Waals surface area contributed by atoms with Gasteiger partial charge in [0.05, 0.1) is 6.04 Å². The van der Waals surface area contributed by atoms with Crippen LogP contribution in [0.2, 0.25) is 0 Å². The van der Waals surface area contributed by atoms with Crippen molar-refractivity contribution in [2.24, 2.45) is 5.73 Å². The van der Waals surface area contributed by atoms with Crippen LogP contribution in [0.1, 0.15) is 47.7 Å². The first kappa shape index (κ1) is 14.2. The van der Waals surface area contributed by atoms with E-state index in [-0.39, 0.29) is 17.3 Å². The van der Waals surface area contributed by atoms with E-state index in [1.54, 1.807) is 17.4 Å². The Kier molecular flexibility index (Phi) is 3.79. The molecule has 3 heteroatoms. The highest BCUT2D eigenvalue weighted by molar-refractivity contribution is 7.12. The molecule has 0 aliphatic rings. The molecule has 2 rings (SSSR count). The van der Waals surface area contributed by atoms with E-state index in [0.29, 0.717) is 5.56 Å². The van der Waals surface area contributed by atoms with Crippen LogP contribution in [-0.4, -0.2) is 0 Å². The van der Waals surface area contributed by atoms with E-state index >= 15 is 0 Å². The topological polar surface area (TPSA) is 26.0 Å². The monoisotopic (exact) mass is 277 g/mol. The lowest BCUT2D eigenvalue weighted by Crippen LogP contribution is -2.12. The highest BCUT2D eigenvalue weighted by atomic mass is 32.1. The maximum absolute atomic E-state index is 14.0. The van der Waals surface area contributed by atoms with Crippen LogP contribution in [0.4, 0.5) is 4.39 Å². The normalized spacial score (nSPS) is 13.6. The maximum Gasteiger partial charge on any atom is 0.128 e. The van der Waals surface area contributed by atoms with Crippen LogP contribution in [0.3, 0.4) is 0 Å². The van der Waals surface area contributed by atoms with Crippen molar-refractivity contribution < 1.29 is 4.39 Å². The van der Waals surface area contributed by atoms with Gasteiger partial charge in [0, 0.05) is 15.3 Å². The second-order valence-electron chi connectivity index (χ2n) is 5.95. The Hall–Kier alpha value is -1.19. The Morgan fingerprint density at radius 1 is 1.16 bits per heavy atom. The summed E-state index contributed by atoms with van der Waals surface area (Å²) in [6, 6.07) is 8.93. The number of hydrogen-bond acceptors (Lipinski definition) is 2. The fraction of sp³-hybridized carbons (Fsp3) is 0.375. The van der Waals surface area contributed by atoms with Gasteiger partial charge in [-0.3, -0.25) is 0 Å². The lowest BCUT2D eigenvalue weighted by Gasteiger charge is -2.16. The van der Waals surface area contributed by atoms with Crippen molar-refractivity contribution in [1.82, 2.24) is 0 Å². The average molecular weight is 277 g/mol. The molecule has 102 valence electrons. The number of halogens is 1. The molecule has 0 fully saturated rings. The lowest BCUT2D eigenvalue weighted by molar-refractivity contribution is 0.600. The fourth-order valence-electron chi connectivity index (χ4n) is 1.96. The largest absolute Gasteiger partial charge is 0.320 e. The zero-order valence-corrected chi connectivity index (χ0v) is 12.6. The number of benzene rings is 1. The second-order valence-corrected chi connectivity index (χ2v) is 7.07. The Balaban J connectivity index is 2.34. The van der Waals surface area contributed by atoms with Crippen LogP contribution >= 0.6 is 11.3 Å². The third kappa shape index (κ3) is 3.04. The first-order valence-electron chi connectivity index (χ1n) is 6.41. The molecule has 1 unspecified atom stereocenters. The van der Waals surface area contributed by atoms with Gasteiger partial charge in [0.1, 0.15) is 5.82 Å². The predicted molar refractivity (Wildman–Crippen MR) is 80.2 cm³/mol. The van der Waals surface area contributed by atoms with Crippen molar-refractivity contribution in [1.29, 1.82) is 0 Å². The van der Waals surface area contributed by atoms with Gasteiger partial charge < -0.3 is 5.73 Å². The molecule has 1 atom stereocenters. The Morgan fingerprint density at radius 2 is 1.84 bits per heavy atom. The Morgan fingerprint density at radius 3 is 2.37 bits per heavy atom. The van der Waals surface area contributed by atoms with E-state index in [9.17, 15) is 4.39 Å². The van der Waals surface area contributed by atoms with Crippen LogP contribution in [0, 0.1) is 12.7 Å². The van der Waals surface area contributed by atoms with Crippen LogP contribution in [0.5, 0.6) is 0 Å². The summed E-state index contributed by atoms with van der Waals surface area (Å²) in [5, 5.41) is 0. The predicted octanol–water partition coefficient (Wildman–Crippen LogP) is 4.54. The number of aryl methyl sites for hydroxylation is 1. The molecule has 0 saturated carbocycles. The van der Waals surface area contributed by atoms with Crippen LogP contribution in [0.15, 0.2) is 30.3 Å². The number of nitrogens with two attached hydrogens (primary N) is 1. The molecular weight excluding hydrogens is 257 g/mol. The van der Waals surface area contributed by atoms with Crippen molar-refractivity contribution in [2.45, 2.75) is 39.2 Å². The SMILES string of the molecule is Cc1ccc(C(N)c2ccc(C(C)(C)C)s2)c(F)c1. The third-order valence-corrected chi connectivity index (χ3v) is 4.76. The van der Waals surface area contributed by atoms with E-state index in [4.69, 9.17) is 5.73 Å². The van der Waals surface area contributed by atoms with Gasteiger partial charge >= 0.3 is 0 Å². The summed E-state index contributed by atoms with van der Waals surface area (Å²) in [4.78, 5) is 2.28. The van der Waals surface area contributed by atoms with Gasteiger partial charge in [-0.05, 0) is 36.1 Å². The Labute approximate surface area is 118 Å². The fourth-order valence-corrected chi connectivity index (χ4v) is 3.05. The number of thiophene rings is 1. The maximum atomic E-state index is 14.0. The van der Waals surface area contributed by atoms with Crippen molar-refractivity contribution >= 4 is 11.3 Å². The first-order valence-corrected chi connectivity index (χ1v) is 7.22. The van der Waals surface area contributed by atoms with E-state index in [1.807, 2.05) is 19.1 Å². The summed E-state index contributed by atoms with van der Waals surface area (Å²) in [5.74, 6) is -0.224. The molecule has 0 bridgehead atoms. The molecule has 1 aromatic heterocycles. The second kappa shape index (κ2) is 5.06. The molecule has 19 heavy (non-hydrogen) atoms. The van der Waals surface area contributed by atoms with Gasteiger partial charge in [0.25, 0.3) is 0 Å². The van der Waals surface area contributed by atoms with Crippen molar-refractivity contribution in [3.05, 3.63) is 57.0 Å². The molecule has 0 aliphatic carbocycles. The molecule has 1 heterocycles. The summed E-state index contributed by atoms with van der Waals surface area (Å²) < 4.78 is 14.0. The highest BCUT2D eigenvalue weighted by Gasteiger charge is 2.20. The molecule has 0 radical (unpaired) electrons. The van der Waals surface area contributed by atoms with Gasteiger partial charge in [-0.2, -0.15) is 0 Å². The summed E-state index contributed by atoms with van der Waals surface area (Å²) >= 11 is 1.66. The molecule has 0 spiro atoms. The summed E-state index contributed by atoms with van der Waals surface area (Å²) in [5.41, 5.74) is 7.77. The third-order valence-electron chi connectivity index (χ3n) is 3.16. The van der Waals surface area contributed by atoms with Crippen LogP contribution in [-0.2, 0) is 5.41 Å². The van der Waals surface area contributed by atoms with Gasteiger partial charge in [0.15, 0.2) is 0 Å². The summed E-state index contributed by atoms with van der Waals surface area (Å²) in [6.45, 7) is 8.38. The smallest absolute Gasteiger partial charge is 0.128 e. The minimum absolute atomic E-state index is 0.106. The van der Waals surface area contributed by atoms with Crippen LogP contribution < -0.4 is 5.73 Å². The molecule has 1 aromatic carbocycles. The van der Waals surface area contributed by atoms with E-state index in [0.717, 1.165) is 10.4 Å². The molecule has 0 amide bonds. The number of rotatable bonds is 2. The van der Waals surface area contributed by atoms with Gasteiger partial charge in [-0.15, -0.1) is 11.3 Å². The standard InChI is InChI=1S/C16H20FNS/c1-10-5-6-11(12(17)9-10)15(18)13-7-8-14(19-13)16(2,3)4/h5-9,15H,18H2,1-4H3. The zero-order chi connectivity index (χ0) is 14.2. The van der Waals surface area contributed by atoms with Gasteiger partial charge in [-0.25, -0.2) is 4.39 Å². The first-order chi connectivity index (χ1) is 8.79. The Bertz CT molecular complexity index is 581. The minimum atomic E-state index is -0.387. The van der Waals surface area contributed by atoms with E-state index in [1.165, 1.54) is 10.9 Å². The van der Waals surface area contributed by atoms with Gasteiger partial charge in [-0.1, -0.05) is 32.9 Å². The quantitative estimate of drug-likeness (QED) is 0.856. The van der Waals surface area contributed by atoms with Crippen LogP contribution in [0.25, 0.3) is 0 Å². The molecule has 2 aromatic rings. The average Bonchev–Trinajstić information content (AvgIpc) is 2.76. The minimum Gasteiger partial charge on any atom is -0.320 e. The van der Waals surface area contributed by atoms with E-state index in [2.05, 4.69) is 26.8 Å². The van der Waals surface area contributed by atoms with Crippen molar-refractivity contribution in [3.63, 3.8) is 0 Å². The lowest BCUT2D eigenvalue weighted by atomic mass is 9.95. The molecule has 0 saturated heterocycles. The van der Waals surface area contributed by atoms with Crippen molar-refractivity contribution in [2.75, 3.05) is 0 Å². The number of hydrogen-bond donors (Lipinski definition) is 1. The van der Waals surface area contributed by atoms with E-state index < -0.39 is 0 Å². The molecular formula is C16H20FNS. The van der Waals surface area contributed by atoms with Crippen molar-refractivity contribution in [3.8, 4) is 0 Å². The summed E-state index contributed by atoms with van der Waals surface area (Å²) in [7, 11) is 0. The zero-order valence-electron chi connectivity index (χ0n) is 11.8. The van der Waals surface area contributed by atoms with Gasteiger partial charge in [0.2, 0.25) is 0 Å².